The number of H-pyrrole nitrogens is 1. The lowest BCUT2D eigenvalue weighted by Gasteiger charge is -2.09. The van der Waals surface area contributed by atoms with E-state index >= 15 is 0 Å². The number of hydrogen-bond donors (Lipinski definition) is 2. The van der Waals surface area contributed by atoms with Gasteiger partial charge in [0.15, 0.2) is 12.4 Å². The van der Waals surface area contributed by atoms with Gasteiger partial charge in [0.2, 0.25) is 0 Å². The number of ketones is 1. The first-order chi connectivity index (χ1) is 12.0. The topological polar surface area (TPSA) is 88.3 Å². The molecule has 0 saturated carbocycles. The van der Waals surface area contributed by atoms with Crippen LogP contribution in [0.2, 0.25) is 0 Å². The van der Waals surface area contributed by atoms with Gasteiger partial charge in [-0.25, -0.2) is 0 Å². The van der Waals surface area contributed by atoms with Gasteiger partial charge in [0.1, 0.15) is 5.75 Å². The van der Waals surface area contributed by atoms with E-state index in [-0.39, 0.29) is 23.9 Å². The Morgan fingerprint density at radius 2 is 1.80 bits per heavy atom. The second kappa shape index (κ2) is 7.00. The number of amides is 1. The zero-order chi connectivity index (χ0) is 17.8. The molecule has 3 aromatic rings. The minimum absolute atomic E-state index is 0.0350. The average molecular weight is 336 g/mol. The summed E-state index contributed by atoms with van der Waals surface area (Å²) in [5.41, 5.74) is 0.946. The van der Waals surface area contributed by atoms with Crippen molar-refractivity contribution in [2.75, 3.05) is 11.9 Å². The number of carbonyl (C=O) groups is 2. The van der Waals surface area contributed by atoms with E-state index in [4.69, 9.17) is 4.74 Å². The van der Waals surface area contributed by atoms with E-state index in [0.29, 0.717) is 27.8 Å². The summed E-state index contributed by atoms with van der Waals surface area (Å²) >= 11 is 0. The van der Waals surface area contributed by atoms with Crippen LogP contribution in [0.3, 0.4) is 0 Å². The summed E-state index contributed by atoms with van der Waals surface area (Å²) < 4.78 is 5.55. The molecule has 1 heterocycles. The molecule has 2 N–H and O–H groups in total. The van der Waals surface area contributed by atoms with Gasteiger partial charge in [-0.1, -0.05) is 6.07 Å². The number of benzene rings is 2. The van der Waals surface area contributed by atoms with Gasteiger partial charge in [0.05, 0.1) is 5.39 Å². The van der Waals surface area contributed by atoms with Crippen LogP contribution in [0.5, 0.6) is 5.75 Å². The normalized spacial score (nSPS) is 10.4. The van der Waals surface area contributed by atoms with E-state index in [2.05, 4.69) is 10.3 Å². The summed E-state index contributed by atoms with van der Waals surface area (Å²) in [5.74, 6) is 0.0928. The average Bonchev–Trinajstić information content (AvgIpc) is 2.61. The van der Waals surface area contributed by atoms with E-state index in [1.54, 1.807) is 48.5 Å². The number of nitrogens with one attached hydrogen (secondary N) is 2. The molecule has 1 aromatic heterocycles. The van der Waals surface area contributed by atoms with Crippen molar-refractivity contribution in [1.29, 1.82) is 0 Å². The van der Waals surface area contributed by atoms with Gasteiger partial charge in [-0.05, 0) is 49.4 Å². The quantitative estimate of drug-likeness (QED) is 0.701. The van der Waals surface area contributed by atoms with Crippen LogP contribution in [-0.2, 0) is 4.79 Å². The Labute approximate surface area is 143 Å². The Morgan fingerprint density at radius 1 is 1.04 bits per heavy atom. The Hall–Kier alpha value is -3.41. The van der Waals surface area contributed by atoms with Crippen molar-refractivity contribution < 1.29 is 14.3 Å². The standard InChI is InChI=1S/C19H16N2O4/c1-12(22)13-5-7-14(8-6-13)21-18(23)11-25-17-4-2-3-16-15(17)9-10-20-19(16)24/h2-10H,11H2,1H3,(H,20,24)(H,21,23). The second-order valence-electron chi connectivity index (χ2n) is 5.49. The summed E-state index contributed by atoms with van der Waals surface area (Å²) in [5, 5.41) is 3.84. The Balaban J connectivity index is 1.67. The van der Waals surface area contributed by atoms with Crippen LogP contribution in [0.4, 0.5) is 5.69 Å². The highest BCUT2D eigenvalue weighted by atomic mass is 16.5. The predicted octanol–water partition coefficient (Wildman–Crippen LogP) is 2.75. The molecule has 0 saturated heterocycles. The molecule has 0 fully saturated rings. The van der Waals surface area contributed by atoms with E-state index < -0.39 is 0 Å². The molecule has 6 heteroatoms. The largest absolute Gasteiger partial charge is 0.483 e. The molecular weight excluding hydrogens is 320 g/mol. The molecule has 3 rings (SSSR count). The van der Waals surface area contributed by atoms with Crippen molar-refractivity contribution >= 4 is 28.2 Å². The van der Waals surface area contributed by atoms with E-state index in [1.165, 1.54) is 13.1 Å². The third kappa shape index (κ3) is 3.74. The highest BCUT2D eigenvalue weighted by Gasteiger charge is 2.08. The highest BCUT2D eigenvalue weighted by molar-refractivity contribution is 5.96. The van der Waals surface area contributed by atoms with E-state index in [1.807, 2.05) is 0 Å². The summed E-state index contributed by atoms with van der Waals surface area (Å²) in [4.78, 5) is 37.6. The van der Waals surface area contributed by atoms with Gasteiger partial charge in [0, 0.05) is 22.8 Å². The molecule has 0 radical (unpaired) electrons. The molecule has 1 amide bonds. The third-order valence-electron chi connectivity index (χ3n) is 3.71. The number of rotatable bonds is 5. The van der Waals surface area contributed by atoms with Crippen molar-refractivity contribution in [1.82, 2.24) is 4.98 Å². The monoisotopic (exact) mass is 336 g/mol. The molecular formula is C19H16N2O4. The van der Waals surface area contributed by atoms with Gasteiger partial charge >= 0.3 is 0 Å². The van der Waals surface area contributed by atoms with Crippen LogP contribution in [0.1, 0.15) is 17.3 Å². The maximum Gasteiger partial charge on any atom is 0.262 e. The van der Waals surface area contributed by atoms with Crippen LogP contribution < -0.4 is 15.6 Å². The first-order valence-corrected chi connectivity index (χ1v) is 7.68. The molecule has 0 aliphatic heterocycles. The second-order valence-corrected chi connectivity index (χ2v) is 5.49. The lowest BCUT2D eigenvalue weighted by molar-refractivity contribution is -0.118. The molecule has 0 aliphatic rings. The van der Waals surface area contributed by atoms with Gasteiger partial charge < -0.3 is 15.0 Å². The molecule has 0 atom stereocenters. The maximum absolute atomic E-state index is 12.0. The number of aromatic amines is 1. The molecule has 6 nitrogen and oxygen atoms in total. The van der Waals surface area contributed by atoms with Crippen molar-refractivity contribution in [3.05, 3.63) is 70.6 Å². The number of fused-ring (bicyclic) bond motifs is 1. The first-order valence-electron chi connectivity index (χ1n) is 7.68. The zero-order valence-corrected chi connectivity index (χ0v) is 13.5. The number of anilines is 1. The predicted molar refractivity (Wildman–Crippen MR) is 95.1 cm³/mol. The Bertz CT molecular complexity index is 990. The fraction of sp³-hybridized carbons (Fsp3) is 0.105. The molecule has 0 spiro atoms. The number of ether oxygens (including phenoxy) is 1. The van der Waals surface area contributed by atoms with Gasteiger partial charge in [-0.2, -0.15) is 0 Å². The number of aromatic nitrogens is 1. The lowest BCUT2D eigenvalue weighted by atomic mass is 10.1. The summed E-state index contributed by atoms with van der Waals surface area (Å²) in [6, 6.07) is 13.4. The zero-order valence-electron chi connectivity index (χ0n) is 13.5. The van der Waals surface area contributed by atoms with Crippen molar-refractivity contribution in [2.45, 2.75) is 6.92 Å². The summed E-state index contributed by atoms with van der Waals surface area (Å²) in [7, 11) is 0. The highest BCUT2D eigenvalue weighted by Crippen LogP contribution is 2.22. The lowest BCUT2D eigenvalue weighted by Crippen LogP contribution is -2.20. The molecule has 2 aromatic carbocycles. The molecule has 25 heavy (non-hydrogen) atoms. The van der Waals surface area contributed by atoms with Crippen molar-refractivity contribution in [2.24, 2.45) is 0 Å². The summed E-state index contributed by atoms with van der Waals surface area (Å²) in [6.45, 7) is 1.29. The van der Waals surface area contributed by atoms with Crippen molar-refractivity contribution in [3.63, 3.8) is 0 Å². The van der Waals surface area contributed by atoms with Crippen LogP contribution >= 0.6 is 0 Å². The first kappa shape index (κ1) is 16.4. The van der Waals surface area contributed by atoms with Crippen molar-refractivity contribution in [3.8, 4) is 5.75 Å². The Morgan fingerprint density at radius 3 is 2.52 bits per heavy atom. The van der Waals surface area contributed by atoms with Gasteiger partial charge in [-0.3, -0.25) is 14.4 Å². The van der Waals surface area contributed by atoms with E-state index in [0.717, 1.165) is 0 Å². The van der Waals surface area contributed by atoms with Crippen LogP contribution in [0.25, 0.3) is 10.8 Å². The molecule has 0 unspecified atom stereocenters. The minimum Gasteiger partial charge on any atom is -0.483 e. The fourth-order valence-corrected chi connectivity index (χ4v) is 2.45. The SMILES string of the molecule is CC(=O)c1ccc(NC(=O)COc2cccc3c(=O)[nH]ccc23)cc1. The van der Waals surface area contributed by atoms with Crippen LogP contribution in [0.15, 0.2) is 59.5 Å². The minimum atomic E-state index is -0.336. The summed E-state index contributed by atoms with van der Waals surface area (Å²) in [6.07, 6.45) is 1.54. The van der Waals surface area contributed by atoms with Gasteiger partial charge in [-0.15, -0.1) is 0 Å². The number of Topliss-reactive ketones (excluding diaryl/α,β-unsaturated/α-hetero) is 1. The number of carbonyl (C=O) groups excluding carboxylic acids is 2. The number of hydrogen-bond acceptors (Lipinski definition) is 4. The van der Waals surface area contributed by atoms with Crippen LogP contribution in [0, 0.1) is 0 Å². The maximum atomic E-state index is 12.0. The van der Waals surface area contributed by atoms with Crippen LogP contribution in [-0.4, -0.2) is 23.3 Å². The third-order valence-corrected chi connectivity index (χ3v) is 3.71. The molecule has 0 aliphatic carbocycles. The Kier molecular flexibility index (Phi) is 4.61. The number of pyridine rings is 1. The van der Waals surface area contributed by atoms with Gasteiger partial charge in [0.25, 0.3) is 11.5 Å². The molecule has 126 valence electrons. The molecule has 0 bridgehead atoms. The smallest absolute Gasteiger partial charge is 0.262 e. The fourth-order valence-electron chi connectivity index (χ4n) is 2.45. The van der Waals surface area contributed by atoms with E-state index in [9.17, 15) is 14.4 Å².